The number of benzene rings is 3. The minimum absolute atomic E-state index is 0.00471. The zero-order valence-corrected chi connectivity index (χ0v) is 40.8. The summed E-state index contributed by atoms with van der Waals surface area (Å²) >= 11 is 1.38. The first kappa shape index (κ1) is 46.4. The lowest BCUT2D eigenvalue weighted by Gasteiger charge is -2.56. The number of piperidine rings is 1. The number of nitrogens with zero attached hydrogens (tertiary/aromatic N) is 4. The van der Waals surface area contributed by atoms with Crippen LogP contribution in [0.3, 0.4) is 0 Å². The van der Waals surface area contributed by atoms with E-state index in [0.29, 0.717) is 60.1 Å². The number of carbonyl (C=O) groups is 1. The van der Waals surface area contributed by atoms with Crippen LogP contribution in [0.1, 0.15) is 118 Å². The highest BCUT2D eigenvalue weighted by molar-refractivity contribution is 7.98. The van der Waals surface area contributed by atoms with Crippen LogP contribution in [0.4, 0.5) is 17.1 Å². The third-order valence-electron chi connectivity index (χ3n) is 15.6. The van der Waals surface area contributed by atoms with Gasteiger partial charge in [-0.05, 0) is 137 Å². The van der Waals surface area contributed by atoms with Gasteiger partial charge >= 0.3 is 0 Å². The van der Waals surface area contributed by atoms with Gasteiger partial charge in [0, 0.05) is 60.6 Å². The van der Waals surface area contributed by atoms with Crippen LogP contribution in [0.15, 0.2) is 82.8 Å². The van der Waals surface area contributed by atoms with E-state index in [4.69, 9.17) is 14.5 Å². The number of nitro benzene ring substituents is 1. The second-order valence-corrected chi connectivity index (χ2v) is 22.8. The van der Waals surface area contributed by atoms with Gasteiger partial charge < -0.3 is 29.8 Å². The van der Waals surface area contributed by atoms with Gasteiger partial charge in [-0.1, -0.05) is 38.1 Å². The molecule has 2 saturated carbocycles. The number of aromatic nitrogens is 2. The number of nitro groups is 1. The number of anilines is 2. The lowest BCUT2D eigenvalue weighted by atomic mass is 9.59. The molecule has 2 aromatic heterocycles. The Bertz CT molecular complexity index is 2840. The molecule has 0 radical (unpaired) electrons. The Morgan fingerprint density at radius 3 is 2.51 bits per heavy atom. The Labute approximate surface area is 402 Å². The highest BCUT2D eigenvalue weighted by Crippen LogP contribution is 2.54. The molecule has 5 aliphatic rings. The summed E-state index contributed by atoms with van der Waals surface area (Å²) in [6, 6.07) is 20.8. The summed E-state index contributed by atoms with van der Waals surface area (Å²) in [6.45, 7) is 9.35. The first-order valence-electron chi connectivity index (χ1n) is 24.0. The molecule has 68 heavy (non-hydrogen) atoms. The minimum Gasteiger partial charge on any atom is -0.489 e. The van der Waals surface area contributed by atoms with Crippen LogP contribution in [0.25, 0.3) is 11.0 Å². The van der Waals surface area contributed by atoms with Gasteiger partial charge in [-0.3, -0.25) is 19.8 Å². The summed E-state index contributed by atoms with van der Waals surface area (Å²) in [5, 5.41) is 27.5. The van der Waals surface area contributed by atoms with E-state index in [1.807, 2.05) is 31.4 Å². The molecule has 15 nitrogen and oxygen atoms in total. The van der Waals surface area contributed by atoms with Crippen molar-refractivity contribution < 1.29 is 32.7 Å². The largest absolute Gasteiger partial charge is 0.489 e. The van der Waals surface area contributed by atoms with Crippen LogP contribution < -0.4 is 24.4 Å². The number of rotatable bonds is 12. The maximum Gasteiger partial charge on any atom is 0.297 e. The van der Waals surface area contributed by atoms with Gasteiger partial charge in [-0.25, -0.2) is 18.1 Å². The Morgan fingerprint density at radius 2 is 1.78 bits per heavy atom. The average Bonchev–Trinajstić information content (AvgIpc) is 3.99. The molecule has 5 aromatic rings. The quantitative estimate of drug-likeness (QED) is 0.0525. The van der Waals surface area contributed by atoms with E-state index in [2.05, 4.69) is 62.9 Å². The summed E-state index contributed by atoms with van der Waals surface area (Å²) in [4.78, 5) is 38.5. The molecule has 5 heterocycles. The zero-order chi connectivity index (χ0) is 47.5. The van der Waals surface area contributed by atoms with Crippen LogP contribution >= 0.6 is 11.8 Å². The Hall–Kier alpha value is -5.36. The monoisotopic (exact) mass is 963 g/mol. The van der Waals surface area contributed by atoms with Crippen LogP contribution in [0.5, 0.6) is 17.2 Å². The summed E-state index contributed by atoms with van der Waals surface area (Å²) in [6.07, 6.45) is 13.2. The van der Waals surface area contributed by atoms with Crippen molar-refractivity contribution in [2.45, 2.75) is 125 Å². The molecule has 1 amide bonds. The van der Waals surface area contributed by atoms with E-state index in [0.717, 1.165) is 49.6 Å². The first-order chi connectivity index (χ1) is 32.6. The van der Waals surface area contributed by atoms with E-state index in [1.165, 1.54) is 54.6 Å². The standard InChI is InChI=1S/C51H61N7O8S2/c1-31(2)37-8-5-6-9-38(37)41-10-7-21-57(41)35-28-51(29-35)18-22-56(23-19-51)34-11-12-39(43(25-34)66-45-24-33-15-20-52-47(33)54-49(45)67-4)48(59)55-68(63,64)36-26-42(58(61)62)46-44(27-36)65-30-40(53-46)32-13-16-50(3,60)17-14-32/h5-6,8-9,11-12,15,20,24-27,31-32,35,40-41,53,60H,7,10,13-14,16-19,21-23,28-30H2,1-4H3,(H,52,54)(H,55,59)/t32-,40-,41-,50-/m1/s1. The van der Waals surface area contributed by atoms with Gasteiger partial charge in [0.15, 0.2) is 17.2 Å². The van der Waals surface area contributed by atoms with Crippen molar-refractivity contribution in [1.29, 1.82) is 0 Å². The number of ether oxygens (including phenoxy) is 2. The van der Waals surface area contributed by atoms with E-state index in [9.17, 15) is 28.4 Å². The number of aromatic amines is 1. The van der Waals surface area contributed by atoms with Crippen molar-refractivity contribution >= 4 is 55.8 Å². The molecule has 0 unspecified atom stereocenters. The first-order valence-corrected chi connectivity index (χ1v) is 26.7. The van der Waals surface area contributed by atoms with E-state index >= 15 is 0 Å². The molecule has 2 saturated heterocycles. The van der Waals surface area contributed by atoms with E-state index < -0.39 is 37.0 Å². The molecular formula is C51H61N7O8S2. The fourth-order valence-corrected chi connectivity index (χ4v) is 13.2. The Morgan fingerprint density at radius 1 is 1.01 bits per heavy atom. The van der Waals surface area contributed by atoms with Gasteiger partial charge in [0.05, 0.1) is 27.0 Å². The lowest BCUT2D eigenvalue weighted by molar-refractivity contribution is -0.384. The third-order valence-corrected chi connectivity index (χ3v) is 17.6. The molecule has 0 bridgehead atoms. The van der Waals surface area contributed by atoms with Gasteiger partial charge in [0.2, 0.25) is 0 Å². The second-order valence-electron chi connectivity index (χ2n) is 20.3. The fraction of sp³-hybridized carbons (Fsp3) is 0.490. The number of hydrogen-bond acceptors (Lipinski definition) is 13. The van der Waals surface area contributed by atoms with Gasteiger partial charge in [0.25, 0.3) is 21.6 Å². The average molecular weight is 964 g/mol. The number of pyridine rings is 1. The minimum atomic E-state index is -4.67. The van der Waals surface area contributed by atoms with Crippen molar-refractivity contribution in [3.8, 4) is 17.2 Å². The van der Waals surface area contributed by atoms with Crippen LogP contribution in [-0.4, -0.2) is 89.4 Å². The SMILES string of the molecule is CSc1nc2[nH]ccc2cc1Oc1cc(N2CCC3(CC2)CC(N2CCC[C@@H]2c2ccccc2C(C)C)C3)ccc1C(=O)NS(=O)(=O)c1cc2c(c([N+](=O)[O-])c1)N[C@@H]([C@H]1CC[C@](C)(O)CC1)CO2. The normalized spacial score (nSPS) is 24.0. The van der Waals surface area contributed by atoms with Crippen molar-refractivity contribution in [2.24, 2.45) is 11.3 Å². The molecule has 4 fully saturated rings. The molecule has 3 aliphatic heterocycles. The number of fused-ring (bicyclic) bond motifs is 2. The van der Waals surface area contributed by atoms with Gasteiger partial charge in [-0.15, -0.1) is 11.8 Å². The summed E-state index contributed by atoms with van der Waals surface area (Å²) in [5.74, 6) is 0.184. The number of nitrogens with one attached hydrogen (secondary N) is 3. The summed E-state index contributed by atoms with van der Waals surface area (Å²) in [5.41, 5.74) is 3.59. The van der Waals surface area contributed by atoms with Crippen molar-refractivity contribution in [1.82, 2.24) is 19.6 Å². The number of hydrogen-bond donors (Lipinski definition) is 4. The maximum absolute atomic E-state index is 14.3. The summed E-state index contributed by atoms with van der Waals surface area (Å²) in [7, 11) is -4.67. The topological polar surface area (TPSA) is 192 Å². The number of amides is 1. The number of sulfonamides is 1. The smallest absolute Gasteiger partial charge is 0.297 e. The molecule has 3 aromatic carbocycles. The Balaban J connectivity index is 0.875. The molecule has 360 valence electrons. The highest BCUT2D eigenvalue weighted by atomic mass is 32.2. The van der Waals surface area contributed by atoms with Crippen LogP contribution in [-0.2, 0) is 10.0 Å². The molecular weight excluding hydrogens is 903 g/mol. The number of H-pyrrole nitrogens is 1. The number of aliphatic hydroxyl groups is 1. The number of likely N-dealkylation sites (tertiary alicyclic amines) is 1. The molecule has 17 heteroatoms. The summed E-state index contributed by atoms with van der Waals surface area (Å²) < 4.78 is 42.9. The molecule has 4 N–H and O–H groups in total. The molecule has 10 rings (SSSR count). The predicted molar refractivity (Wildman–Crippen MR) is 264 cm³/mol. The van der Waals surface area contributed by atoms with Gasteiger partial charge in [-0.2, -0.15) is 0 Å². The van der Waals surface area contributed by atoms with Crippen LogP contribution in [0.2, 0.25) is 0 Å². The number of carbonyl (C=O) groups excluding carboxylic acids is 1. The van der Waals surface area contributed by atoms with E-state index in [1.54, 1.807) is 18.3 Å². The number of thioether (sulfide) groups is 1. The predicted octanol–water partition coefficient (Wildman–Crippen LogP) is 9.93. The van der Waals surface area contributed by atoms with Crippen molar-refractivity contribution in [2.75, 3.05) is 42.7 Å². The van der Waals surface area contributed by atoms with Crippen LogP contribution in [0, 0.1) is 21.4 Å². The van der Waals surface area contributed by atoms with Crippen molar-refractivity contribution in [3.63, 3.8) is 0 Å². The molecule has 2 aliphatic carbocycles. The lowest BCUT2D eigenvalue weighted by Crippen LogP contribution is -2.54. The Kier molecular flexibility index (Phi) is 12.4. The van der Waals surface area contributed by atoms with Gasteiger partial charge in [0.1, 0.15) is 23.0 Å². The third kappa shape index (κ3) is 9.02. The molecule has 2 atom stereocenters. The maximum atomic E-state index is 14.3. The highest BCUT2D eigenvalue weighted by Gasteiger charge is 2.50. The van der Waals surface area contributed by atoms with E-state index in [-0.39, 0.29) is 46.7 Å². The zero-order valence-electron chi connectivity index (χ0n) is 39.1. The molecule has 1 spiro atoms. The second kappa shape index (κ2) is 18.2. The fourth-order valence-electron chi connectivity index (χ4n) is 11.7. The van der Waals surface area contributed by atoms with Crippen molar-refractivity contribution in [3.05, 3.63) is 99.7 Å².